The molecule has 1 N–H and O–H groups in total. The maximum atomic E-state index is 8.59. The summed E-state index contributed by atoms with van der Waals surface area (Å²) < 4.78 is 0. The van der Waals surface area contributed by atoms with Gasteiger partial charge >= 0.3 is 0 Å². The van der Waals surface area contributed by atoms with Crippen LogP contribution in [0.2, 0.25) is 0 Å². The van der Waals surface area contributed by atoms with Crippen LogP contribution in [-0.4, -0.2) is 5.11 Å². The number of terminal acetylenes is 1. The van der Waals surface area contributed by atoms with E-state index in [2.05, 4.69) is 5.92 Å². The van der Waals surface area contributed by atoms with Crippen molar-refractivity contribution in [1.29, 1.82) is 0 Å². The second kappa shape index (κ2) is 2.67. The molecule has 0 aromatic carbocycles. The van der Waals surface area contributed by atoms with E-state index in [9.17, 15) is 0 Å². The minimum atomic E-state index is 0.0896. The first-order valence-corrected chi connectivity index (χ1v) is 3.39. The third-order valence-corrected chi connectivity index (χ3v) is 1.90. The monoisotopic (exact) mass is 138 g/mol. The summed E-state index contributed by atoms with van der Waals surface area (Å²) in [5.74, 6) is 2.48. The second-order valence-corrected chi connectivity index (χ2v) is 2.60. The summed E-state index contributed by atoms with van der Waals surface area (Å²) >= 11 is 1.48. The lowest BCUT2D eigenvalue weighted by Crippen LogP contribution is -1.71. The van der Waals surface area contributed by atoms with Crippen LogP contribution in [0.3, 0.4) is 0 Å². The number of hydrogen-bond donors (Lipinski definition) is 1. The molecular weight excluding hydrogens is 132 g/mol. The summed E-state index contributed by atoms with van der Waals surface area (Å²) in [6.45, 7) is 0.0896. The van der Waals surface area contributed by atoms with Crippen molar-refractivity contribution in [1.82, 2.24) is 0 Å². The Morgan fingerprint density at radius 2 is 2.56 bits per heavy atom. The minimum absolute atomic E-state index is 0.0896. The molecule has 0 amide bonds. The molecule has 0 aliphatic heterocycles. The van der Waals surface area contributed by atoms with E-state index in [4.69, 9.17) is 11.5 Å². The van der Waals surface area contributed by atoms with Crippen LogP contribution in [0.5, 0.6) is 0 Å². The number of aliphatic hydroxyl groups excluding tert-OH is 1. The van der Waals surface area contributed by atoms with Crippen LogP contribution in [0.1, 0.15) is 10.4 Å². The molecule has 0 spiro atoms. The average Bonchev–Trinajstić information content (AvgIpc) is 2.34. The Morgan fingerprint density at radius 1 is 1.78 bits per heavy atom. The number of hydrogen-bond acceptors (Lipinski definition) is 2. The van der Waals surface area contributed by atoms with E-state index in [1.165, 1.54) is 11.3 Å². The summed E-state index contributed by atoms with van der Waals surface area (Å²) in [6.07, 6.45) is 5.09. The lowest BCUT2D eigenvalue weighted by atomic mass is 10.3. The van der Waals surface area contributed by atoms with Crippen molar-refractivity contribution in [2.24, 2.45) is 0 Å². The van der Waals surface area contributed by atoms with E-state index in [1.54, 1.807) is 0 Å². The molecule has 46 valence electrons. The zero-order valence-corrected chi connectivity index (χ0v) is 5.61. The van der Waals surface area contributed by atoms with Gasteiger partial charge in [0.1, 0.15) is 0 Å². The highest BCUT2D eigenvalue weighted by Crippen LogP contribution is 2.12. The van der Waals surface area contributed by atoms with Crippen molar-refractivity contribution in [3.05, 3.63) is 21.9 Å². The predicted molar refractivity (Wildman–Crippen MR) is 38.2 cm³/mol. The van der Waals surface area contributed by atoms with Crippen LogP contribution in [0.25, 0.3) is 0 Å². The van der Waals surface area contributed by atoms with Gasteiger partial charge in [-0.15, -0.1) is 17.8 Å². The fraction of sp³-hybridized carbons (Fsp3) is 0.143. The van der Waals surface area contributed by atoms with Crippen molar-refractivity contribution >= 4 is 11.3 Å². The van der Waals surface area contributed by atoms with E-state index in [0.29, 0.717) is 0 Å². The number of thiophene rings is 1. The van der Waals surface area contributed by atoms with Crippen molar-refractivity contribution < 1.29 is 5.11 Å². The molecule has 1 nitrogen and oxygen atoms in total. The first-order valence-electron chi connectivity index (χ1n) is 2.51. The molecule has 9 heavy (non-hydrogen) atoms. The second-order valence-electron chi connectivity index (χ2n) is 1.60. The summed E-state index contributed by atoms with van der Waals surface area (Å²) in [7, 11) is 0. The van der Waals surface area contributed by atoms with E-state index in [0.717, 1.165) is 10.4 Å². The van der Waals surface area contributed by atoms with Crippen LogP contribution in [0, 0.1) is 12.3 Å². The smallest absolute Gasteiger partial charge is 0.0774 e. The summed E-state index contributed by atoms with van der Waals surface area (Å²) in [5, 5.41) is 10.4. The maximum absolute atomic E-state index is 8.59. The molecule has 0 radical (unpaired) electrons. The largest absolute Gasteiger partial charge is 0.391 e. The van der Waals surface area contributed by atoms with Crippen LogP contribution in [-0.2, 0) is 6.61 Å². The SMILES string of the molecule is C#Cc1csc(CO)c1. The highest BCUT2D eigenvalue weighted by atomic mass is 32.1. The van der Waals surface area contributed by atoms with Gasteiger partial charge in [-0.05, 0) is 6.07 Å². The topological polar surface area (TPSA) is 20.2 Å². The molecule has 0 atom stereocenters. The highest BCUT2D eigenvalue weighted by Gasteiger charge is 1.92. The summed E-state index contributed by atoms with van der Waals surface area (Å²) in [4.78, 5) is 0.919. The first-order chi connectivity index (χ1) is 4.36. The fourth-order valence-corrected chi connectivity index (χ4v) is 1.22. The van der Waals surface area contributed by atoms with E-state index in [-0.39, 0.29) is 6.61 Å². The molecule has 1 heterocycles. The Labute approximate surface area is 58.0 Å². The van der Waals surface area contributed by atoms with Gasteiger partial charge in [0.25, 0.3) is 0 Å². The maximum Gasteiger partial charge on any atom is 0.0774 e. The molecule has 0 unspecified atom stereocenters. The van der Waals surface area contributed by atoms with Gasteiger partial charge in [-0.1, -0.05) is 5.92 Å². The van der Waals surface area contributed by atoms with Gasteiger partial charge in [-0.3, -0.25) is 0 Å². The highest BCUT2D eigenvalue weighted by molar-refractivity contribution is 7.10. The minimum Gasteiger partial charge on any atom is -0.391 e. The molecule has 0 saturated carbocycles. The van der Waals surface area contributed by atoms with Crippen molar-refractivity contribution in [3.8, 4) is 12.3 Å². The van der Waals surface area contributed by atoms with Gasteiger partial charge in [-0.2, -0.15) is 0 Å². The number of rotatable bonds is 1. The molecule has 1 aromatic heterocycles. The lowest BCUT2D eigenvalue weighted by Gasteiger charge is -1.79. The average molecular weight is 138 g/mol. The molecule has 2 heteroatoms. The normalized spacial score (nSPS) is 8.89. The Morgan fingerprint density at radius 3 is 2.89 bits per heavy atom. The van der Waals surface area contributed by atoms with Crippen LogP contribution in [0.4, 0.5) is 0 Å². The van der Waals surface area contributed by atoms with Crippen LogP contribution in [0.15, 0.2) is 11.4 Å². The summed E-state index contributed by atoms with van der Waals surface area (Å²) in [5.41, 5.74) is 0.851. The third-order valence-electron chi connectivity index (χ3n) is 0.976. The van der Waals surface area contributed by atoms with Gasteiger partial charge in [0, 0.05) is 15.8 Å². The quantitative estimate of drug-likeness (QED) is 0.578. The van der Waals surface area contributed by atoms with Crippen LogP contribution >= 0.6 is 11.3 Å². The zero-order valence-electron chi connectivity index (χ0n) is 4.79. The Bertz CT molecular complexity index is 231. The molecule has 1 rings (SSSR count). The van der Waals surface area contributed by atoms with Crippen molar-refractivity contribution in [3.63, 3.8) is 0 Å². The van der Waals surface area contributed by atoms with Gasteiger partial charge in [0.05, 0.1) is 6.61 Å². The van der Waals surface area contributed by atoms with Gasteiger partial charge < -0.3 is 5.11 Å². The molecule has 0 bridgehead atoms. The molecule has 0 saturated heterocycles. The van der Waals surface area contributed by atoms with Crippen molar-refractivity contribution in [2.45, 2.75) is 6.61 Å². The standard InChI is InChI=1S/C7H6OS/c1-2-6-3-7(4-8)9-5-6/h1,3,5,8H,4H2. The van der Waals surface area contributed by atoms with Gasteiger partial charge in [0.2, 0.25) is 0 Å². The number of aliphatic hydroxyl groups is 1. The van der Waals surface area contributed by atoms with Gasteiger partial charge in [-0.25, -0.2) is 0 Å². The fourth-order valence-electron chi connectivity index (χ4n) is 0.539. The zero-order chi connectivity index (χ0) is 6.69. The first kappa shape index (κ1) is 6.34. The third kappa shape index (κ3) is 1.32. The Balaban J connectivity index is 2.90. The molecule has 0 aliphatic carbocycles. The van der Waals surface area contributed by atoms with Crippen LogP contribution < -0.4 is 0 Å². The van der Waals surface area contributed by atoms with E-state index in [1.807, 2.05) is 11.4 Å². The Kier molecular flexibility index (Phi) is 1.88. The van der Waals surface area contributed by atoms with Gasteiger partial charge in [0.15, 0.2) is 0 Å². The molecular formula is C7H6OS. The Hall–Kier alpha value is -0.780. The molecule has 1 aromatic rings. The van der Waals surface area contributed by atoms with Crippen molar-refractivity contribution in [2.75, 3.05) is 0 Å². The summed E-state index contributed by atoms with van der Waals surface area (Å²) in [6, 6.07) is 1.81. The van der Waals surface area contributed by atoms with E-state index < -0.39 is 0 Å². The lowest BCUT2D eigenvalue weighted by molar-refractivity contribution is 0.285. The van der Waals surface area contributed by atoms with E-state index >= 15 is 0 Å². The molecule has 0 aliphatic rings. The predicted octanol–water partition coefficient (Wildman–Crippen LogP) is 1.22. The molecule has 0 fully saturated rings.